The number of anilines is 1. The lowest BCUT2D eigenvalue weighted by atomic mass is 9.95. The zero-order valence-electron chi connectivity index (χ0n) is 15.3. The normalized spacial score (nSPS) is 13.7. The third-order valence-corrected chi connectivity index (χ3v) is 5.45. The molecular weight excluding hydrogens is 347 g/mol. The highest BCUT2D eigenvalue weighted by Crippen LogP contribution is 2.38. The number of carbonyl (C=O) groups excluding carboxylic acids is 1. The van der Waals surface area contributed by atoms with Gasteiger partial charge >= 0.3 is 0 Å². The number of hydrogen-bond acceptors (Lipinski definition) is 4. The largest absolute Gasteiger partial charge is 0.507 e. The van der Waals surface area contributed by atoms with Crippen molar-refractivity contribution in [2.45, 2.75) is 39.5 Å². The van der Waals surface area contributed by atoms with E-state index in [1.54, 1.807) is 13.8 Å². The van der Waals surface area contributed by atoms with Crippen LogP contribution in [0.1, 0.15) is 45.6 Å². The van der Waals surface area contributed by atoms with Gasteiger partial charge in [0.25, 0.3) is 5.91 Å². The molecule has 2 heterocycles. The Balaban J connectivity index is 2.17. The molecule has 0 bridgehead atoms. The zero-order chi connectivity index (χ0) is 19.5. The van der Waals surface area contributed by atoms with E-state index in [0.717, 1.165) is 43.0 Å². The van der Waals surface area contributed by atoms with Crippen LogP contribution in [0.2, 0.25) is 0 Å². The van der Waals surface area contributed by atoms with Gasteiger partial charge in [-0.3, -0.25) is 9.36 Å². The van der Waals surface area contributed by atoms with Gasteiger partial charge in [-0.25, -0.2) is 9.37 Å². The third-order valence-electron chi connectivity index (χ3n) is 5.45. The number of halogens is 1. The smallest absolute Gasteiger partial charge is 0.253 e. The summed E-state index contributed by atoms with van der Waals surface area (Å²) in [6.45, 7) is 3.27. The molecule has 6 nitrogen and oxygen atoms in total. The van der Waals surface area contributed by atoms with Crippen LogP contribution >= 0.6 is 0 Å². The van der Waals surface area contributed by atoms with Crippen LogP contribution in [-0.2, 0) is 12.8 Å². The van der Waals surface area contributed by atoms with E-state index in [9.17, 15) is 14.3 Å². The standard InChI is InChI=1S/C20H21FN4O2/c1-9-13(21)8-15(26)10(2)17(9)25-18(22)16(19(23)27)12-7-11-5-3-4-6-14(11)24-20(12)25/h7-8,26H,3-6,22H2,1-2H3,(H2,23,27). The summed E-state index contributed by atoms with van der Waals surface area (Å²) in [4.78, 5) is 16.9. The highest BCUT2D eigenvalue weighted by molar-refractivity contribution is 6.11. The van der Waals surface area contributed by atoms with E-state index in [1.165, 1.54) is 4.57 Å². The van der Waals surface area contributed by atoms with Crippen molar-refractivity contribution in [2.24, 2.45) is 5.73 Å². The Hall–Kier alpha value is -3.09. The Labute approximate surface area is 155 Å². The van der Waals surface area contributed by atoms with Gasteiger partial charge in [-0.2, -0.15) is 0 Å². The van der Waals surface area contributed by atoms with Crippen LogP contribution in [0.5, 0.6) is 5.75 Å². The first-order valence-corrected chi connectivity index (χ1v) is 8.92. The predicted molar refractivity (Wildman–Crippen MR) is 102 cm³/mol. The van der Waals surface area contributed by atoms with Crippen molar-refractivity contribution in [1.82, 2.24) is 9.55 Å². The van der Waals surface area contributed by atoms with Gasteiger partial charge in [0.15, 0.2) is 0 Å². The number of amides is 1. The summed E-state index contributed by atoms with van der Waals surface area (Å²) in [6, 6.07) is 2.99. The van der Waals surface area contributed by atoms with Crippen molar-refractivity contribution in [3.8, 4) is 11.4 Å². The van der Waals surface area contributed by atoms with E-state index in [0.29, 0.717) is 27.8 Å². The number of benzene rings is 1. The number of nitrogens with two attached hydrogens (primary N) is 2. The second-order valence-corrected chi connectivity index (χ2v) is 7.11. The Morgan fingerprint density at radius 2 is 1.93 bits per heavy atom. The second-order valence-electron chi connectivity index (χ2n) is 7.11. The number of pyridine rings is 1. The molecule has 5 N–H and O–H groups in total. The maximum atomic E-state index is 14.3. The number of phenols is 1. The Morgan fingerprint density at radius 3 is 2.63 bits per heavy atom. The van der Waals surface area contributed by atoms with Crippen LogP contribution in [0, 0.1) is 19.7 Å². The van der Waals surface area contributed by atoms with Crippen LogP contribution in [0.15, 0.2) is 12.1 Å². The lowest BCUT2D eigenvalue weighted by Crippen LogP contribution is -2.14. The monoisotopic (exact) mass is 368 g/mol. The number of aromatic hydroxyl groups is 1. The number of nitrogens with zero attached hydrogens (tertiary/aromatic N) is 2. The average Bonchev–Trinajstić information content (AvgIpc) is 2.90. The van der Waals surface area contributed by atoms with Crippen molar-refractivity contribution in [3.05, 3.63) is 45.9 Å². The first-order chi connectivity index (χ1) is 12.8. The first kappa shape index (κ1) is 17.3. The van der Waals surface area contributed by atoms with E-state index in [1.807, 2.05) is 6.07 Å². The summed E-state index contributed by atoms with van der Waals surface area (Å²) < 4.78 is 15.9. The topological polar surface area (TPSA) is 107 Å². The van der Waals surface area contributed by atoms with Gasteiger partial charge < -0.3 is 16.6 Å². The lowest BCUT2D eigenvalue weighted by Gasteiger charge is -2.18. The number of aromatic nitrogens is 2. The van der Waals surface area contributed by atoms with Crippen LogP contribution < -0.4 is 11.5 Å². The van der Waals surface area contributed by atoms with Gasteiger partial charge in [-0.15, -0.1) is 0 Å². The molecule has 0 spiro atoms. The summed E-state index contributed by atoms with van der Waals surface area (Å²) in [7, 11) is 0. The lowest BCUT2D eigenvalue weighted by molar-refractivity contribution is 0.100. The molecule has 140 valence electrons. The van der Waals surface area contributed by atoms with Gasteiger partial charge in [0.1, 0.15) is 23.0 Å². The summed E-state index contributed by atoms with van der Waals surface area (Å²) >= 11 is 0. The molecule has 0 atom stereocenters. The highest BCUT2D eigenvalue weighted by Gasteiger charge is 2.26. The number of fused-ring (bicyclic) bond motifs is 2. The zero-order valence-corrected chi connectivity index (χ0v) is 15.3. The van der Waals surface area contributed by atoms with Gasteiger partial charge in [-0.05, 0) is 51.2 Å². The third kappa shape index (κ3) is 2.45. The molecule has 1 aromatic carbocycles. The Bertz CT molecular complexity index is 1090. The molecule has 27 heavy (non-hydrogen) atoms. The summed E-state index contributed by atoms with van der Waals surface area (Å²) in [5.74, 6) is -1.31. The summed E-state index contributed by atoms with van der Waals surface area (Å²) in [6.07, 6.45) is 3.84. The van der Waals surface area contributed by atoms with E-state index >= 15 is 0 Å². The number of hydrogen-bond donors (Lipinski definition) is 3. The minimum atomic E-state index is -0.662. The molecule has 7 heteroatoms. The molecule has 1 amide bonds. The second kappa shape index (κ2) is 5.97. The van der Waals surface area contributed by atoms with E-state index in [4.69, 9.17) is 16.5 Å². The van der Waals surface area contributed by atoms with Gasteiger partial charge in [0.05, 0.1) is 11.3 Å². The van der Waals surface area contributed by atoms with Gasteiger partial charge in [0, 0.05) is 28.3 Å². The van der Waals surface area contributed by atoms with Crippen molar-refractivity contribution < 1.29 is 14.3 Å². The number of carbonyl (C=O) groups is 1. The number of aryl methyl sites for hydroxylation is 2. The summed E-state index contributed by atoms with van der Waals surface area (Å²) in [5, 5.41) is 10.7. The van der Waals surface area contributed by atoms with Crippen LogP contribution in [0.4, 0.5) is 10.2 Å². The predicted octanol–water partition coefficient (Wildman–Crippen LogP) is 3.05. The molecule has 1 aliphatic rings. The van der Waals surface area contributed by atoms with Crippen LogP contribution in [0.3, 0.4) is 0 Å². The Morgan fingerprint density at radius 1 is 1.22 bits per heavy atom. The number of phenolic OH excluding ortho intramolecular Hbond substituents is 1. The van der Waals surface area contributed by atoms with Crippen molar-refractivity contribution in [2.75, 3.05) is 5.73 Å². The molecule has 0 unspecified atom stereocenters. The van der Waals surface area contributed by atoms with Gasteiger partial charge in [0.2, 0.25) is 0 Å². The molecule has 0 fully saturated rings. The van der Waals surface area contributed by atoms with Crippen molar-refractivity contribution in [3.63, 3.8) is 0 Å². The molecule has 0 saturated carbocycles. The molecule has 0 aliphatic heterocycles. The fourth-order valence-electron chi connectivity index (χ4n) is 4.01. The minimum absolute atomic E-state index is 0.101. The number of nitrogen functional groups attached to an aromatic ring is 1. The molecule has 0 saturated heterocycles. The fourth-order valence-corrected chi connectivity index (χ4v) is 4.01. The fraction of sp³-hybridized carbons (Fsp3) is 0.300. The van der Waals surface area contributed by atoms with E-state index < -0.39 is 11.7 Å². The highest BCUT2D eigenvalue weighted by atomic mass is 19.1. The molecule has 4 rings (SSSR count). The van der Waals surface area contributed by atoms with Crippen molar-refractivity contribution >= 4 is 22.8 Å². The van der Waals surface area contributed by atoms with Gasteiger partial charge in [-0.1, -0.05) is 0 Å². The van der Waals surface area contributed by atoms with Crippen LogP contribution in [-0.4, -0.2) is 20.6 Å². The van der Waals surface area contributed by atoms with E-state index in [2.05, 4.69) is 0 Å². The van der Waals surface area contributed by atoms with E-state index in [-0.39, 0.29) is 17.1 Å². The maximum absolute atomic E-state index is 14.3. The number of primary amides is 1. The Kier molecular flexibility index (Phi) is 3.83. The molecule has 0 radical (unpaired) electrons. The average molecular weight is 368 g/mol. The maximum Gasteiger partial charge on any atom is 0.253 e. The van der Waals surface area contributed by atoms with Crippen LogP contribution in [0.25, 0.3) is 16.7 Å². The quantitative estimate of drug-likeness (QED) is 0.646. The molecular formula is C20H21FN4O2. The summed E-state index contributed by atoms with van der Waals surface area (Å²) in [5.41, 5.74) is 15.7. The molecule has 1 aliphatic carbocycles. The molecule has 2 aromatic heterocycles. The van der Waals surface area contributed by atoms with Crippen molar-refractivity contribution in [1.29, 1.82) is 0 Å². The minimum Gasteiger partial charge on any atom is -0.507 e. The first-order valence-electron chi connectivity index (χ1n) is 8.92. The molecule has 3 aromatic rings. The number of rotatable bonds is 2. The SMILES string of the molecule is Cc1c(O)cc(F)c(C)c1-n1c(N)c(C(N)=O)c2cc3c(nc21)CCCC3.